The normalized spacial score (nSPS) is 31.8. The third-order valence-corrected chi connectivity index (χ3v) is 6.09. The second-order valence-corrected chi connectivity index (χ2v) is 7.90. The number of halogens is 3. The van der Waals surface area contributed by atoms with Crippen LogP contribution < -0.4 is 5.32 Å². The van der Waals surface area contributed by atoms with Gasteiger partial charge in [0.2, 0.25) is 5.91 Å². The second kappa shape index (κ2) is 6.55. The van der Waals surface area contributed by atoms with Crippen molar-refractivity contribution < 1.29 is 23.1 Å². The summed E-state index contributed by atoms with van der Waals surface area (Å²) < 4.78 is 38.9. The van der Waals surface area contributed by atoms with E-state index in [2.05, 4.69) is 15.3 Å². The first-order valence-electron chi connectivity index (χ1n) is 9.14. The van der Waals surface area contributed by atoms with Crippen LogP contribution in [0.5, 0.6) is 0 Å². The summed E-state index contributed by atoms with van der Waals surface area (Å²) in [5, 5.41) is 13.8. The van der Waals surface area contributed by atoms with Gasteiger partial charge in [-0.15, -0.1) is 0 Å². The maximum atomic E-state index is 13.1. The van der Waals surface area contributed by atoms with E-state index in [-0.39, 0.29) is 23.4 Å². The van der Waals surface area contributed by atoms with E-state index in [9.17, 15) is 23.1 Å². The molecule has 8 heteroatoms. The van der Waals surface area contributed by atoms with Crippen LogP contribution in [0.2, 0.25) is 0 Å². The molecule has 5 nitrogen and oxygen atoms in total. The molecule has 1 aromatic carbocycles. The molecule has 0 aliphatic heterocycles. The van der Waals surface area contributed by atoms with E-state index < -0.39 is 29.2 Å². The quantitative estimate of drug-likeness (QED) is 0.838. The molecule has 5 atom stereocenters. The molecule has 2 aliphatic rings. The van der Waals surface area contributed by atoms with Crippen molar-refractivity contribution in [3.05, 3.63) is 54.1 Å². The molecule has 2 bridgehead atoms. The number of fused-ring (bicyclic) bond motifs is 2. The third kappa shape index (κ3) is 3.15. The van der Waals surface area contributed by atoms with Gasteiger partial charge in [-0.2, -0.15) is 13.2 Å². The lowest BCUT2D eigenvalue weighted by Gasteiger charge is -2.37. The van der Waals surface area contributed by atoms with Crippen molar-refractivity contribution >= 4 is 11.6 Å². The van der Waals surface area contributed by atoms with Crippen molar-refractivity contribution in [3.8, 4) is 0 Å². The van der Waals surface area contributed by atoms with Gasteiger partial charge in [-0.05, 0) is 48.4 Å². The Balaban J connectivity index is 1.64. The molecule has 0 radical (unpaired) electrons. The number of anilines is 1. The van der Waals surface area contributed by atoms with Crippen LogP contribution in [0.25, 0.3) is 0 Å². The topological polar surface area (TPSA) is 75.1 Å². The zero-order valence-corrected chi connectivity index (χ0v) is 15.1. The van der Waals surface area contributed by atoms with Crippen LogP contribution >= 0.6 is 0 Å². The second-order valence-electron chi connectivity index (χ2n) is 7.90. The predicted octanol–water partition coefficient (Wildman–Crippen LogP) is 3.62. The maximum Gasteiger partial charge on any atom is 0.416 e. The Morgan fingerprint density at radius 2 is 1.96 bits per heavy atom. The minimum atomic E-state index is -4.49. The van der Waals surface area contributed by atoms with Gasteiger partial charge < -0.3 is 10.4 Å². The molecule has 2 N–H and O–H groups in total. The summed E-state index contributed by atoms with van der Waals surface area (Å²) in [4.78, 5) is 21.1. The number of nitrogens with zero attached hydrogens (tertiary/aromatic N) is 2. The smallest absolute Gasteiger partial charge is 0.389 e. The summed E-state index contributed by atoms with van der Waals surface area (Å²) in [6.07, 6.45) is 1.12. The Morgan fingerprint density at radius 3 is 2.64 bits per heavy atom. The number of hydrogen-bond acceptors (Lipinski definition) is 4. The number of benzene rings is 1. The lowest BCUT2D eigenvalue weighted by molar-refractivity contribution is -0.137. The molecule has 2 saturated carbocycles. The molecule has 1 aromatic heterocycles. The molecular weight excluding hydrogens is 371 g/mol. The number of hydrogen-bond donors (Lipinski definition) is 2. The summed E-state index contributed by atoms with van der Waals surface area (Å²) in [5.41, 5.74) is -1.10. The van der Waals surface area contributed by atoms with Gasteiger partial charge in [-0.1, -0.05) is 13.0 Å². The molecular formula is C20H20F3N3O2. The summed E-state index contributed by atoms with van der Waals surface area (Å²) in [6, 6.07) is 4.57. The highest BCUT2D eigenvalue weighted by atomic mass is 19.4. The van der Waals surface area contributed by atoms with E-state index in [1.807, 2.05) is 6.92 Å². The monoisotopic (exact) mass is 391 g/mol. The van der Waals surface area contributed by atoms with Crippen LogP contribution in [0, 0.1) is 17.8 Å². The summed E-state index contributed by atoms with van der Waals surface area (Å²) in [5.74, 6) is -1.35. The van der Waals surface area contributed by atoms with E-state index in [4.69, 9.17) is 0 Å². The Labute approximate surface area is 160 Å². The van der Waals surface area contributed by atoms with Crippen molar-refractivity contribution in [2.75, 3.05) is 5.32 Å². The van der Waals surface area contributed by atoms with Gasteiger partial charge in [0, 0.05) is 24.0 Å². The highest BCUT2D eigenvalue weighted by Gasteiger charge is 2.62. The van der Waals surface area contributed by atoms with E-state index in [1.54, 1.807) is 12.4 Å². The first-order chi connectivity index (χ1) is 13.2. The van der Waals surface area contributed by atoms with Crippen LogP contribution in [-0.2, 0) is 11.0 Å². The lowest BCUT2D eigenvalue weighted by Crippen LogP contribution is -2.42. The molecule has 148 valence electrons. The Morgan fingerprint density at radius 1 is 1.25 bits per heavy atom. The van der Waals surface area contributed by atoms with Gasteiger partial charge in [0.1, 0.15) is 6.33 Å². The van der Waals surface area contributed by atoms with Crippen LogP contribution in [0.15, 0.2) is 43.0 Å². The van der Waals surface area contributed by atoms with Crippen molar-refractivity contribution in [3.63, 3.8) is 0 Å². The first-order valence-corrected chi connectivity index (χ1v) is 9.14. The van der Waals surface area contributed by atoms with Gasteiger partial charge >= 0.3 is 6.18 Å². The molecule has 2 aliphatic carbocycles. The Hall–Kier alpha value is -2.48. The summed E-state index contributed by atoms with van der Waals surface area (Å²) in [7, 11) is 0. The van der Waals surface area contributed by atoms with Crippen LogP contribution in [-0.4, -0.2) is 26.6 Å². The highest BCUT2D eigenvalue weighted by molar-refractivity contribution is 5.94. The standard InChI is InChI=1S/C20H20F3N3O2/c1-11-6-19(28)7-15(11)16(17(19)12-8-24-10-25-9-12)18(27)26-14-4-2-3-13(5-14)20(21,22)23/h2-5,8-11,15-17,28H,6-7H2,1H3,(H,26,27)/t11-,15+,16+,17+,19-/m0/s1. The van der Waals surface area contributed by atoms with Crippen LogP contribution in [0.1, 0.15) is 36.8 Å². The van der Waals surface area contributed by atoms with Crippen molar-refractivity contribution in [2.24, 2.45) is 17.8 Å². The fraction of sp³-hybridized carbons (Fsp3) is 0.450. The highest BCUT2D eigenvalue weighted by Crippen LogP contribution is 2.61. The molecule has 0 spiro atoms. The first kappa shape index (κ1) is 18.9. The molecule has 28 heavy (non-hydrogen) atoms. The van der Waals surface area contributed by atoms with Crippen molar-refractivity contribution in [2.45, 2.75) is 37.5 Å². The number of carbonyl (C=O) groups excluding carboxylic acids is 1. The Bertz CT molecular complexity index is 890. The zero-order valence-electron chi connectivity index (χ0n) is 15.1. The number of aromatic nitrogens is 2. The number of alkyl halides is 3. The van der Waals surface area contributed by atoms with Crippen LogP contribution in [0.4, 0.5) is 18.9 Å². The summed E-state index contributed by atoms with van der Waals surface area (Å²) in [6.45, 7) is 1.99. The molecule has 1 heterocycles. The molecule has 0 saturated heterocycles. The van der Waals surface area contributed by atoms with E-state index >= 15 is 0 Å². The fourth-order valence-corrected chi connectivity index (χ4v) is 5.05. The minimum Gasteiger partial charge on any atom is -0.389 e. The largest absolute Gasteiger partial charge is 0.416 e. The van der Waals surface area contributed by atoms with E-state index in [0.717, 1.165) is 12.1 Å². The summed E-state index contributed by atoms with van der Waals surface area (Å²) >= 11 is 0. The lowest BCUT2D eigenvalue weighted by atomic mass is 9.70. The van der Waals surface area contributed by atoms with Crippen LogP contribution in [0.3, 0.4) is 0 Å². The SMILES string of the molecule is C[C@H]1C[C@]2(O)C[C@H]1[C@@H](C(=O)Nc1cccc(C(F)(F)F)c1)[C@H]2c1cncnc1. The minimum absolute atomic E-state index is 0.0546. The molecule has 4 rings (SSSR count). The van der Waals surface area contributed by atoms with Crippen molar-refractivity contribution in [1.82, 2.24) is 9.97 Å². The average Bonchev–Trinajstić information content (AvgIpc) is 3.11. The fourth-order valence-electron chi connectivity index (χ4n) is 5.05. The number of nitrogens with one attached hydrogen (secondary N) is 1. The van der Waals surface area contributed by atoms with Crippen molar-refractivity contribution in [1.29, 1.82) is 0 Å². The molecule has 2 fully saturated rings. The van der Waals surface area contributed by atoms with E-state index in [0.29, 0.717) is 18.4 Å². The average molecular weight is 391 g/mol. The Kier molecular flexibility index (Phi) is 4.41. The molecule has 2 aromatic rings. The predicted molar refractivity (Wildman–Crippen MR) is 95.2 cm³/mol. The van der Waals surface area contributed by atoms with Gasteiger partial charge in [0.05, 0.1) is 17.1 Å². The van der Waals surface area contributed by atoms with Gasteiger partial charge in [-0.3, -0.25) is 4.79 Å². The number of carbonyl (C=O) groups is 1. The molecule has 1 amide bonds. The number of amides is 1. The molecule has 0 unspecified atom stereocenters. The van der Waals surface area contributed by atoms with Gasteiger partial charge in [0.25, 0.3) is 0 Å². The third-order valence-electron chi connectivity index (χ3n) is 6.09. The van der Waals surface area contributed by atoms with Gasteiger partial charge in [-0.25, -0.2) is 9.97 Å². The van der Waals surface area contributed by atoms with Gasteiger partial charge in [0.15, 0.2) is 0 Å². The zero-order chi connectivity index (χ0) is 20.1. The van der Waals surface area contributed by atoms with E-state index in [1.165, 1.54) is 18.5 Å². The number of aliphatic hydroxyl groups is 1. The number of rotatable bonds is 3. The maximum absolute atomic E-state index is 13.1.